The van der Waals surface area contributed by atoms with E-state index >= 15 is 0 Å². The third kappa shape index (κ3) is 1.70. The molecule has 0 fully saturated rings. The Hall–Kier alpha value is -1.17. The van der Waals surface area contributed by atoms with E-state index in [0.717, 1.165) is 0 Å². The highest BCUT2D eigenvalue weighted by Crippen LogP contribution is 2.31. The summed E-state index contributed by atoms with van der Waals surface area (Å²) in [7, 11) is 0. The van der Waals surface area contributed by atoms with Crippen LogP contribution in [0.2, 0.25) is 0 Å². The SMILES string of the molecule is O=C(O)c1cnc(C(F)(F)Cl)o1. The first kappa shape index (κ1) is 8.92. The Balaban J connectivity index is 3.00. The van der Waals surface area contributed by atoms with Crippen LogP contribution >= 0.6 is 11.6 Å². The molecule has 1 aromatic heterocycles. The number of rotatable bonds is 2. The van der Waals surface area contributed by atoms with Gasteiger partial charge in [0, 0.05) is 0 Å². The summed E-state index contributed by atoms with van der Waals surface area (Å²) < 4.78 is 28.4. The largest absolute Gasteiger partial charge is 0.475 e. The molecule has 66 valence electrons. The van der Waals surface area contributed by atoms with E-state index in [1.807, 2.05) is 0 Å². The van der Waals surface area contributed by atoms with Crippen molar-refractivity contribution in [1.29, 1.82) is 0 Å². The summed E-state index contributed by atoms with van der Waals surface area (Å²) in [6.45, 7) is 0. The minimum atomic E-state index is -3.77. The van der Waals surface area contributed by atoms with Gasteiger partial charge in [-0.05, 0) is 11.6 Å². The molecular formula is C5H2ClF2NO3. The van der Waals surface area contributed by atoms with Gasteiger partial charge in [-0.25, -0.2) is 9.78 Å². The molecule has 1 aromatic rings. The van der Waals surface area contributed by atoms with Gasteiger partial charge in [0.2, 0.25) is 5.76 Å². The summed E-state index contributed by atoms with van der Waals surface area (Å²) in [6, 6.07) is 0. The first-order valence-electron chi connectivity index (χ1n) is 2.67. The summed E-state index contributed by atoms with van der Waals surface area (Å²) in [6.07, 6.45) is 0.661. The fraction of sp³-hybridized carbons (Fsp3) is 0.200. The Bertz CT molecular complexity index is 306. The molecule has 0 spiro atoms. The van der Waals surface area contributed by atoms with Gasteiger partial charge < -0.3 is 9.52 Å². The highest BCUT2D eigenvalue weighted by Gasteiger charge is 2.34. The number of carbonyl (C=O) groups is 1. The Morgan fingerprint density at radius 3 is 2.58 bits per heavy atom. The Kier molecular flexibility index (Phi) is 2.01. The van der Waals surface area contributed by atoms with E-state index in [1.54, 1.807) is 0 Å². The number of carboxylic acid groups (broad SMARTS) is 1. The maximum atomic E-state index is 12.1. The van der Waals surface area contributed by atoms with Crippen molar-refractivity contribution >= 4 is 17.6 Å². The average Bonchev–Trinajstić information content (AvgIpc) is 2.30. The Morgan fingerprint density at radius 1 is 1.75 bits per heavy atom. The van der Waals surface area contributed by atoms with E-state index in [9.17, 15) is 13.6 Å². The van der Waals surface area contributed by atoms with Gasteiger partial charge in [-0.1, -0.05) is 0 Å². The zero-order valence-corrected chi connectivity index (χ0v) is 6.18. The molecule has 7 heteroatoms. The van der Waals surface area contributed by atoms with Crippen molar-refractivity contribution in [2.45, 2.75) is 5.38 Å². The van der Waals surface area contributed by atoms with Crippen molar-refractivity contribution in [2.75, 3.05) is 0 Å². The van der Waals surface area contributed by atoms with Gasteiger partial charge in [-0.15, -0.1) is 0 Å². The van der Waals surface area contributed by atoms with E-state index in [-0.39, 0.29) is 0 Å². The molecule has 0 atom stereocenters. The number of alkyl halides is 3. The summed E-state index contributed by atoms with van der Waals surface area (Å²) in [5.41, 5.74) is 0. The highest BCUT2D eigenvalue weighted by molar-refractivity contribution is 6.21. The zero-order valence-electron chi connectivity index (χ0n) is 5.42. The standard InChI is InChI=1S/C5H2ClF2NO3/c6-5(7,8)4-9-1-2(12-4)3(10)11/h1H,(H,10,11). The summed E-state index contributed by atoms with van der Waals surface area (Å²) in [5, 5.41) is 4.47. The average molecular weight is 198 g/mol. The molecule has 0 aliphatic carbocycles. The van der Waals surface area contributed by atoms with E-state index in [4.69, 9.17) is 5.11 Å². The van der Waals surface area contributed by atoms with Crippen molar-refractivity contribution in [3.8, 4) is 0 Å². The summed E-state index contributed by atoms with van der Waals surface area (Å²) in [5.74, 6) is -3.28. The molecule has 0 saturated heterocycles. The van der Waals surface area contributed by atoms with Crippen LogP contribution in [0, 0.1) is 0 Å². The second-order valence-corrected chi connectivity index (χ2v) is 2.31. The Labute approximate surface area is 69.8 Å². The lowest BCUT2D eigenvalue weighted by atomic mass is 10.5. The van der Waals surface area contributed by atoms with Crippen LogP contribution in [-0.2, 0) is 5.38 Å². The van der Waals surface area contributed by atoms with Gasteiger partial charge in [0.15, 0.2) is 0 Å². The van der Waals surface area contributed by atoms with Crippen LogP contribution in [-0.4, -0.2) is 16.1 Å². The lowest BCUT2D eigenvalue weighted by Crippen LogP contribution is -2.03. The first-order chi connectivity index (χ1) is 5.41. The molecule has 0 radical (unpaired) electrons. The molecule has 0 saturated carbocycles. The fourth-order valence-electron chi connectivity index (χ4n) is 0.504. The van der Waals surface area contributed by atoms with Crippen molar-refractivity contribution in [1.82, 2.24) is 4.98 Å². The molecular weight excluding hydrogens is 196 g/mol. The molecule has 12 heavy (non-hydrogen) atoms. The second-order valence-electron chi connectivity index (χ2n) is 1.83. The number of nitrogens with zero attached hydrogens (tertiary/aromatic N) is 1. The number of aromatic carboxylic acids is 1. The van der Waals surface area contributed by atoms with Crippen molar-refractivity contribution in [3.63, 3.8) is 0 Å². The number of halogens is 3. The molecule has 0 unspecified atom stereocenters. The molecule has 4 nitrogen and oxygen atoms in total. The van der Waals surface area contributed by atoms with Crippen LogP contribution in [0.1, 0.15) is 16.4 Å². The van der Waals surface area contributed by atoms with Gasteiger partial charge in [0.1, 0.15) is 0 Å². The van der Waals surface area contributed by atoms with Crippen LogP contribution in [0.5, 0.6) is 0 Å². The van der Waals surface area contributed by atoms with Crippen LogP contribution in [0.15, 0.2) is 10.6 Å². The number of oxazole rings is 1. The van der Waals surface area contributed by atoms with Gasteiger partial charge in [0.25, 0.3) is 5.89 Å². The topological polar surface area (TPSA) is 63.3 Å². The maximum absolute atomic E-state index is 12.1. The van der Waals surface area contributed by atoms with E-state index in [1.165, 1.54) is 0 Å². The van der Waals surface area contributed by atoms with Crippen molar-refractivity contribution in [2.24, 2.45) is 0 Å². The predicted octanol–water partition coefficient (Wildman–Crippen LogP) is 1.66. The molecule has 0 aromatic carbocycles. The minimum absolute atomic E-state index is 0.661. The Morgan fingerprint density at radius 2 is 2.33 bits per heavy atom. The molecule has 0 aliphatic heterocycles. The van der Waals surface area contributed by atoms with E-state index < -0.39 is 23.0 Å². The molecule has 1 heterocycles. The third-order valence-corrected chi connectivity index (χ3v) is 1.12. The van der Waals surface area contributed by atoms with Crippen molar-refractivity contribution < 1.29 is 23.1 Å². The smallest absolute Gasteiger partial charge is 0.397 e. The highest BCUT2D eigenvalue weighted by atomic mass is 35.5. The number of carboxylic acids is 1. The summed E-state index contributed by atoms with van der Waals surface area (Å²) in [4.78, 5) is 13.1. The normalized spacial score (nSPS) is 11.6. The zero-order chi connectivity index (χ0) is 9.35. The quantitative estimate of drug-likeness (QED) is 0.733. The predicted molar refractivity (Wildman–Crippen MR) is 33.2 cm³/mol. The number of hydrogen-bond acceptors (Lipinski definition) is 3. The second kappa shape index (κ2) is 2.71. The van der Waals surface area contributed by atoms with Gasteiger partial charge in [-0.2, -0.15) is 8.78 Å². The maximum Gasteiger partial charge on any atom is 0.397 e. The number of hydrogen-bond donors (Lipinski definition) is 1. The molecule has 0 amide bonds. The van der Waals surface area contributed by atoms with Crippen LogP contribution in [0.3, 0.4) is 0 Å². The molecule has 0 bridgehead atoms. The minimum Gasteiger partial charge on any atom is -0.475 e. The molecule has 0 aliphatic rings. The van der Waals surface area contributed by atoms with Crippen LogP contribution < -0.4 is 0 Å². The number of aromatic nitrogens is 1. The summed E-state index contributed by atoms with van der Waals surface area (Å²) >= 11 is 4.49. The van der Waals surface area contributed by atoms with E-state index in [2.05, 4.69) is 21.0 Å². The lowest BCUT2D eigenvalue weighted by Gasteiger charge is -1.99. The van der Waals surface area contributed by atoms with Crippen LogP contribution in [0.4, 0.5) is 8.78 Å². The monoisotopic (exact) mass is 197 g/mol. The van der Waals surface area contributed by atoms with Crippen LogP contribution in [0.25, 0.3) is 0 Å². The van der Waals surface area contributed by atoms with Gasteiger partial charge in [-0.3, -0.25) is 0 Å². The molecule has 1 rings (SSSR count). The molecule has 1 N–H and O–H groups in total. The third-order valence-electron chi connectivity index (χ3n) is 0.959. The van der Waals surface area contributed by atoms with Gasteiger partial charge >= 0.3 is 11.4 Å². The fourth-order valence-corrected chi connectivity index (χ4v) is 0.591. The van der Waals surface area contributed by atoms with E-state index in [0.29, 0.717) is 6.20 Å². The van der Waals surface area contributed by atoms with Crippen molar-refractivity contribution in [3.05, 3.63) is 17.8 Å². The lowest BCUT2D eigenvalue weighted by molar-refractivity contribution is 0.0538. The van der Waals surface area contributed by atoms with Gasteiger partial charge in [0.05, 0.1) is 6.20 Å². The first-order valence-corrected chi connectivity index (χ1v) is 3.05.